The fourth-order valence-corrected chi connectivity index (χ4v) is 0. The van der Waals surface area contributed by atoms with Crippen molar-refractivity contribution in [2.24, 2.45) is 0 Å². The first-order valence-electron chi connectivity index (χ1n) is 1.55. The van der Waals surface area contributed by atoms with E-state index in [0.29, 0.717) is 0 Å². The van der Waals surface area contributed by atoms with Crippen molar-refractivity contribution < 1.29 is 33.8 Å². The van der Waals surface area contributed by atoms with E-state index in [1.807, 2.05) is 0 Å². The van der Waals surface area contributed by atoms with E-state index < -0.39 is 0 Å². The summed E-state index contributed by atoms with van der Waals surface area (Å²) in [7, 11) is 0. The van der Waals surface area contributed by atoms with E-state index in [1.54, 1.807) is 0 Å². The SMILES string of the molecule is C#N.C#N.C#N.C#N.C#N.C#N.[Co].[Fe].[NaH]. The molecule has 0 rings (SSSR count). The van der Waals surface area contributed by atoms with Gasteiger partial charge in [-0.15, -0.1) is 0 Å². The molecule has 0 saturated heterocycles. The van der Waals surface area contributed by atoms with Gasteiger partial charge in [-0.3, -0.25) is 0 Å². The Morgan fingerprint density at radius 3 is 0.400 bits per heavy atom. The minimum absolute atomic E-state index is 0. The third-order valence-corrected chi connectivity index (χ3v) is 0. The average Bonchev–Trinajstić information content (AvgIpc) is 2.33. The molecular weight excluding hydrogens is 294 g/mol. The van der Waals surface area contributed by atoms with Crippen molar-refractivity contribution in [2.45, 2.75) is 0 Å². The number of hydrogen-bond acceptors (Lipinski definition) is 6. The predicted molar refractivity (Wildman–Crippen MR) is 47.2 cm³/mol. The van der Waals surface area contributed by atoms with Gasteiger partial charge in [0.1, 0.15) is 0 Å². The van der Waals surface area contributed by atoms with Crippen LogP contribution in [0.25, 0.3) is 0 Å². The molecule has 0 spiro atoms. The van der Waals surface area contributed by atoms with Crippen molar-refractivity contribution in [3.8, 4) is 39.4 Å². The van der Waals surface area contributed by atoms with Crippen molar-refractivity contribution in [3.63, 3.8) is 0 Å². The molecular formula is C6H7CoFeN6Na. The predicted octanol–water partition coefficient (Wildman–Crippen LogP) is 0.185. The van der Waals surface area contributed by atoms with Crippen molar-refractivity contribution in [1.82, 2.24) is 0 Å². The van der Waals surface area contributed by atoms with Crippen LogP contribution in [0.15, 0.2) is 0 Å². The van der Waals surface area contributed by atoms with Gasteiger partial charge in [0.2, 0.25) is 0 Å². The molecule has 0 heterocycles. The van der Waals surface area contributed by atoms with Crippen molar-refractivity contribution in [3.05, 3.63) is 0 Å². The zero-order valence-electron chi connectivity index (χ0n) is 6.83. The van der Waals surface area contributed by atoms with E-state index in [4.69, 9.17) is 31.6 Å². The van der Waals surface area contributed by atoms with E-state index in [2.05, 4.69) is 39.4 Å². The standard InChI is InChI=1S/6CHN.Co.Fe.Na.H/c6*1-2;;;;/h6*1H;;;;. The van der Waals surface area contributed by atoms with Crippen molar-refractivity contribution >= 4 is 29.6 Å². The van der Waals surface area contributed by atoms with Gasteiger partial charge in [-0.05, 0) is 0 Å². The second-order valence-corrected chi connectivity index (χ2v) is 0. The molecule has 0 aromatic carbocycles. The third kappa shape index (κ3) is 1460. The van der Waals surface area contributed by atoms with Crippen LogP contribution in [0.5, 0.6) is 0 Å². The topological polar surface area (TPSA) is 143 Å². The Balaban J connectivity index is -0.00000000396. The van der Waals surface area contributed by atoms with Gasteiger partial charge in [0, 0.05) is 73.3 Å². The first-order chi connectivity index (χ1) is 6.00. The number of nitriles is 6. The van der Waals surface area contributed by atoms with Crippen LogP contribution in [-0.4, -0.2) is 29.6 Å². The Labute approximate surface area is 133 Å². The molecule has 0 fully saturated rings. The maximum atomic E-state index is 6.50. The fourth-order valence-electron chi connectivity index (χ4n) is 0. The van der Waals surface area contributed by atoms with E-state index in [0.717, 1.165) is 0 Å². The summed E-state index contributed by atoms with van der Waals surface area (Å²) >= 11 is 0. The molecule has 0 bridgehead atoms. The normalized spacial score (nSPS) is 0.800. The number of hydrogen-bond donors (Lipinski definition) is 0. The van der Waals surface area contributed by atoms with Crippen LogP contribution in [0.4, 0.5) is 0 Å². The molecule has 0 atom stereocenters. The van der Waals surface area contributed by atoms with Crippen LogP contribution in [-0.2, 0) is 33.8 Å². The van der Waals surface area contributed by atoms with E-state index in [9.17, 15) is 0 Å². The minimum atomic E-state index is 0. The summed E-state index contributed by atoms with van der Waals surface area (Å²) in [6.07, 6.45) is 0. The quantitative estimate of drug-likeness (QED) is 0.584. The summed E-state index contributed by atoms with van der Waals surface area (Å²) in [6, 6.07) is 0. The molecule has 0 aliphatic heterocycles. The van der Waals surface area contributed by atoms with E-state index in [-0.39, 0.29) is 63.4 Å². The number of nitrogens with zero attached hydrogens (tertiary/aromatic N) is 6. The number of rotatable bonds is 0. The van der Waals surface area contributed by atoms with E-state index in [1.165, 1.54) is 0 Å². The van der Waals surface area contributed by atoms with Gasteiger partial charge in [0.15, 0.2) is 0 Å². The summed E-state index contributed by atoms with van der Waals surface area (Å²) in [6.45, 7) is 21.0. The Bertz CT molecular complexity index is 103. The molecule has 1 radical (unpaired) electrons. The van der Waals surface area contributed by atoms with Crippen LogP contribution in [0.3, 0.4) is 0 Å². The molecule has 0 unspecified atom stereocenters. The Hall–Kier alpha value is -1.03. The molecule has 79 valence electrons. The van der Waals surface area contributed by atoms with Gasteiger partial charge in [-0.2, -0.15) is 0 Å². The average molecular weight is 301 g/mol. The second-order valence-electron chi connectivity index (χ2n) is 0. The van der Waals surface area contributed by atoms with Crippen LogP contribution in [0.1, 0.15) is 0 Å². The molecule has 0 amide bonds. The van der Waals surface area contributed by atoms with Gasteiger partial charge in [0.05, 0.1) is 0 Å². The first kappa shape index (κ1) is 95.2. The summed E-state index contributed by atoms with van der Waals surface area (Å²) in [5.74, 6) is 0. The van der Waals surface area contributed by atoms with Crippen molar-refractivity contribution in [1.29, 1.82) is 31.6 Å². The first-order valence-corrected chi connectivity index (χ1v) is 1.55. The molecule has 0 aromatic heterocycles. The van der Waals surface area contributed by atoms with Gasteiger partial charge >= 0.3 is 29.6 Å². The van der Waals surface area contributed by atoms with Crippen LogP contribution in [0.2, 0.25) is 0 Å². The summed E-state index contributed by atoms with van der Waals surface area (Å²) < 4.78 is 0. The van der Waals surface area contributed by atoms with Gasteiger partial charge in [0.25, 0.3) is 0 Å². The van der Waals surface area contributed by atoms with Gasteiger partial charge in [-0.1, -0.05) is 0 Å². The molecule has 9 heteroatoms. The zero-order valence-corrected chi connectivity index (χ0v) is 8.98. The molecule has 15 heavy (non-hydrogen) atoms. The summed E-state index contributed by atoms with van der Waals surface area (Å²) in [4.78, 5) is 0. The molecule has 0 aromatic rings. The zero-order chi connectivity index (χ0) is 12.0. The van der Waals surface area contributed by atoms with Crippen LogP contribution < -0.4 is 0 Å². The summed E-state index contributed by atoms with van der Waals surface area (Å²) in [5, 5.41) is 39.0. The van der Waals surface area contributed by atoms with Crippen LogP contribution >= 0.6 is 0 Å². The van der Waals surface area contributed by atoms with Crippen LogP contribution in [0, 0.1) is 71.0 Å². The van der Waals surface area contributed by atoms with Gasteiger partial charge < -0.3 is 0 Å². The van der Waals surface area contributed by atoms with E-state index >= 15 is 0 Å². The third-order valence-electron chi connectivity index (χ3n) is 0. The van der Waals surface area contributed by atoms with Crippen molar-refractivity contribution in [2.75, 3.05) is 0 Å². The molecule has 6 nitrogen and oxygen atoms in total. The molecule has 0 aliphatic rings. The molecule has 0 aliphatic carbocycles. The van der Waals surface area contributed by atoms with Gasteiger partial charge in [-0.25, -0.2) is 31.6 Å². The Morgan fingerprint density at radius 1 is 0.400 bits per heavy atom. The summed E-state index contributed by atoms with van der Waals surface area (Å²) in [5.41, 5.74) is 0. The fraction of sp³-hybridized carbons (Fsp3) is 0. The molecule has 0 N–H and O–H groups in total. The maximum absolute atomic E-state index is 6.50. The molecule has 0 saturated carbocycles. The Morgan fingerprint density at radius 2 is 0.400 bits per heavy atom. The second kappa shape index (κ2) is 1740. The monoisotopic (exact) mass is 301 g/mol. The Kier molecular flexibility index (Phi) is 11000.